The van der Waals surface area contributed by atoms with Crippen LogP contribution in [0.15, 0.2) is 18.2 Å². The van der Waals surface area contributed by atoms with Gasteiger partial charge in [-0.3, -0.25) is 4.79 Å². The minimum Gasteiger partial charge on any atom is -0.490 e. The molecule has 1 unspecified atom stereocenters. The van der Waals surface area contributed by atoms with Gasteiger partial charge in [-0.1, -0.05) is 6.07 Å². The van der Waals surface area contributed by atoms with Gasteiger partial charge in [-0.25, -0.2) is 0 Å². The summed E-state index contributed by atoms with van der Waals surface area (Å²) in [5.41, 5.74) is 2.52. The molecule has 0 aliphatic carbocycles. The molecule has 1 aromatic rings. The maximum atomic E-state index is 12.4. The van der Waals surface area contributed by atoms with Gasteiger partial charge in [0.2, 0.25) is 0 Å². The molecule has 0 spiro atoms. The molecule has 23 heavy (non-hydrogen) atoms. The summed E-state index contributed by atoms with van der Waals surface area (Å²) in [5, 5.41) is 3.21. The van der Waals surface area contributed by atoms with Crippen molar-refractivity contribution in [2.45, 2.75) is 38.9 Å². The lowest BCUT2D eigenvalue weighted by molar-refractivity contribution is -0.147. The summed E-state index contributed by atoms with van der Waals surface area (Å²) >= 11 is 0. The van der Waals surface area contributed by atoms with Crippen molar-refractivity contribution in [1.82, 2.24) is 10.2 Å². The number of rotatable bonds is 3. The Balaban J connectivity index is 1.49. The predicted octanol–water partition coefficient (Wildman–Crippen LogP) is 1.66. The van der Waals surface area contributed by atoms with Crippen molar-refractivity contribution in [2.24, 2.45) is 0 Å². The Hall–Kier alpha value is -1.59. The van der Waals surface area contributed by atoms with Crippen molar-refractivity contribution in [2.75, 3.05) is 32.8 Å². The van der Waals surface area contributed by atoms with E-state index in [2.05, 4.69) is 31.3 Å². The summed E-state index contributed by atoms with van der Waals surface area (Å²) in [4.78, 5) is 14.3. The number of amides is 1. The van der Waals surface area contributed by atoms with Gasteiger partial charge in [0.1, 0.15) is 18.0 Å². The summed E-state index contributed by atoms with van der Waals surface area (Å²) in [7, 11) is 0. The van der Waals surface area contributed by atoms with E-state index in [0.717, 1.165) is 38.2 Å². The van der Waals surface area contributed by atoms with E-state index in [1.807, 2.05) is 11.0 Å². The first-order valence-electron chi connectivity index (χ1n) is 8.48. The summed E-state index contributed by atoms with van der Waals surface area (Å²) in [5.74, 6) is 1.04. The van der Waals surface area contributed by atoms with Gasteiger partial charge in [-0.15, -0.1) is 0 Å². The Morgan fingerprint density at radius 3 is 2.70 bits per heavy atom. The predicted molar refractivity (Wildman–Crippen MR) is 88.8 cm³/mol. The number of piperidine rings is 1. The second kappa shape index (κ2) is 7.32. The van der Waals surface area contributed by atoms with Crippen LogP contribution in [0.5, 0.6) is 5.75 Å². The highest BCUT2D eigenvalue weighted by Gasteiger charge is 2.30. The average Bonchev–Trinajstić information content (AvgIpc) is 2.59. The van der Waals surface area contributed by atoms with E-state index in [0.29, 0.717) is 13.2 Å². The van der Waals surface area contributed by atoms with E-state index < -0.39 is 0 Å². The monoisotopic (exact) mass is 318 g/mol. The third-order valence-corrected chi connectivity index (χ3v) is 4.74. The number of carbonyl (C=O) groups is 1. The first-order valence-corrected chi connectivity index (χ1v) is 8.48. The fourth-order valence-corrected chi connectivity index (χ4v) is 3.10. The smallest absolute Gasteiger partial charge is 0.253 e. The lowest BCUT2D eigenvalue weighted by Gasteiger charge is -2.35. The quantitative estimate of drug-likeness (QED) is 0.921. The van der Waals surface area contributed by atoms with Crippen molar-refractivity contribution in [3.63, 3.8) is 0 Å². The zero-order valence-corrected chi connectivity index (χ0v) is 14.0. The molecule has 0 radical (unpaired) electrons. The van der Waals surface area contributed by atoms with Crippen LogP contribution in [0.1, 0.15) is 24.0 Å². The molecular formula is C18H26N2O3. The molecule has 5 heteroatoms. The molecule has 2 saturated heterocycles. The number of aryl methyl sites for hydroxylation is 2. The van der Waals surface area contributed by atoms with Crippen LogP contribution in [0, 0.1) is 13.8 Å². The van der Waals surface area contributed by atoms with E-state index in [9.17, 15) is 4.79 Å². The lowest BCUT2D eigenvalue weighted by Crippen LogP contribution is -2.52. The number of nitrogens with zero attached hydrogens (tertiary/aromatic N) is 1. The second-order valence-corrected chi connectivity index (χ2v) is 6.45. The van der Waals surface area contributed by atoms with E-state index in [1.165, 1.54) is 11.1 Å². The highest BCUT2D eigenvalue weighted by atomic mass is 16.5. The topological polar surface area (TPSA) is 50.8 Å². The molecule has 2 aliphatic rings. The van der Waals surface area contributed by atoms with Gasteiger partial charge in [0.05, 0.1) is 6.61 Å². The van der Waals surface area contributed by atoms with Crippen LogP contribution in [-0.4, -0.2) is 55.8 Å². The molecule has 0 bridgehead atoms. The summed E-state index contributed by atoms with van der Waals surface area (Å²) in [6.45, 7) is 7.76. The van der Waals surface area contributed by atoms with Crippen molar-refractivity contribution in [1.29, 1.82) is 0 Å². The third kappa shape index (κ3) is 4.03. The number of ether oxygens (including phenoxy) is 2. The lowest BCUT2D eigenvalue weighted by atomic mass is 10.1. The molecule has 5 nitrogen and oxygen atoms in total. The van der Waals surface area contributed by atoms with Gasteiger partial charge in [0.25, 0.3) is 5.91 Å². The zero-order chi connectivity index (χ0) is 16.2. The summed E-state index contributed by atoms with van der Waals surface area (Å²) in [6.07, 6.45) is 1.62. The van der Waals surface area contributed by atoms with Crippen LogP contribution in [-0.2, 0) is 9.53 Å². The van der Waals surface area contributed by atoms with Gasteiger partial charge in [0, 0.05) is 39.0 Å². The highest BCUT2D eigenvalue weighted by molar-refractivity contribution is 5.81. The Morgan fingerprint density at radius 1 is 1.26 bits per heavy atom. The molecule has 1 amide bonds. The first kappa shape index (κ1) is 16.3. The maximum Gasteiger partial charge on any atom is 0.253 e. The molecule has 126 valence electrons. The van der Waals surface area contributed by atoms with Crippen LogP contribution < -0.4 is 10.1 Å². The van der Waals surface area contributed by atoms with Crippen molar-refractivity contribution in [3.05, 3.63) is 29.3 Å². The minimum atomic E-state index is -0.319. The molecular weight excluding hydrogens is 292 g/mol. The summed E-state index contributed by atoms with van der Waals surface area (Å²) < 4.78 is 11.6. The number of nitrogens with one attached hydrogen (secondary N) is 1. The molecule has 1 aromatic carbocycles. The van der Waals surface area contributed by atoms with E-state index >= 15 is 0 Å². The largest absolute Gasteiger partial charge is 0.490 e. The summed E-state index contributed by atoms with van der Waals surface area (Å²) in [6, 6.07) is 6.21. The molecule has 1 atom stereocenters. The minimum absolute atomic E-state index is 0.113. The molecule has 0 saturated carbocycles. The Bertz CT molecular complexity index is 547. The SMILES string of the molecule is Cc1ccc(OC2CCN(C(=O)C3CNCCO3)CC2)cc1C. The number of hydrogen-bond donors (Lipinski definition) is 1. The van der Waals surface area contributed by atoms with Crippen molar-refractivity contribution in [3.8, 4) is 5.75 Å². The molecule has 2 fully saturated rings. The fraction of sp³-hybridized carbons (Fsp3) is 0.611. The van der Waals surface area contributed by atoms with Gasteiger partial charge in [0.15, 0.2) is 0 Å². The van der Waals surface area contributed by atoms with E-state index in [4.69, 9.17) is 9.47 Å². The van der Waals surface area contributed by atoms with Gasteiger partial charge in [-0.2, -0.15) is 0 Å². The second-order valence-electron chi connectivity index (χ2n) is 6.45. The first-order chi connectivity index (χ1) is 11.1. The van der Waals surface area contributed by atoms with Crippen molar-refractivity contribution < 1.29 is 14.3 Å². The van der Waals surface area contributed by atoms with Crippen LogP contribution in [0.3, 0.4) is 0 Å². The van der Waals surface area contributed by atoms with Gasteiger partial charge in [-0.05, 0) is 37.1 Å². The molecule has 2 aliphatic heterocycles. The normalized spacial score (nSPS) is 22.9. The van der Waals surface area contributed by atoms with Gasteiger partial charge >= 0.3 is 0 Å². The molecule has 0 aromatic heterocycles. The Labute approximate surface area is 137 Å². The third-order valence-electron chi connectivity index (χ3n) is 4.74. The van der Waals surface area contributed by atoms with Crippen LogP contribution >= 0.6 is 0 Å². The van der Waals surface area contributed by atoms with E-state index in [-0.39, 0.29) is 18.1 Å². The zero-order valence-electron chi connectivity index (χ0n) is 14.0. The molecule has 2 heterocycles. The highest BCUT2D eigenvalue weighted by Crippen LogP contribution is 2.22. The Kier molecular flexibility index (Phi) is 5.18. The number of carbonyl (C=O) groups excluding carboxylic acids is 1. The van der Waals surface area contributed by atoms with Crippen LogP contribution in [0.25, 0.3) is 0 Å². The number of benzene rings is 1. The standard InChI is InChI=1S/C18H26N2O3/c1-13-3-4-16(11-14(13)2)23-15-5-8-20(9-6-15)18(21)17-12-19-7-10-22-17/h3-4,11,15,17,19H,5-10,12H2,1-2H3. The van der Waals surface area contributed by atoms with Crippen LogP contribution in [0.2, 0.25) is 0 Å². The average molecular weight is 318 g/mol. The number of hydrogen-bond acceptors (Lipinski definition) is 4. The molecule has 1 N–H and O–H groups in total. The van der Waals surface area contributed by atoms with E-state index in [1.54, 1.807) is 0 Å². The maximum absolute atomic E-state index is 12.4. The van der Waals surface area contributed by atoms with Gasteiger partial charge < -0.3 is 19.7 Å². The number of morpholine rings is 1. The Morgan fingerprint density at radius 2 is 2.04 bits per heavy atom. The number of likely N-dealkylation sites (tertiary alicyclic amines) is 1. The molecule has 3 rings (SSSR count). The fourth-order valence-electron chi connectivity index (χ4n) is 3.10. The van der Waals surface area contributed by atoms with Crippen LogP contribution in [0.4, 0.5) is 0 Å². The van der Waals surface area contributed by atoms with Crippen molar-refractivity contribution >= 4 is 5.91 Å².